The minimum Gasteiger partial charge on any atom is -0.354 e. The van der Waals surface area contributed by atoms with Crippen LogP contribution in [0.5, 0.6) is 0 Å². The van der Waals surface area contributed by atoms with Crippen molar-refractivity contribution in [3.05, 3.63) is 0 Å². The van der Waals surface area contributed by atoms with E-state index < -0.39 is 0 Å². The fourth-order valence-electron chi connectivity index (χ4n) is 0.374. The number of nitrogens with one attached hydrogen (secondary N) is 2. The predicted octanol–water partition coefficient (Wildman–Crippen LogP) is -0.243. The van der Waals surface area contributed by atoms with E-state index in [4.69, 9.17) is 0 Å². The van der Waals surface area contributed by atoms with Crippen molar-refractivity contribution < 1.29 is 4.79 Å². The predicted molar refractivity (Wildman–Crippen MR) is 45.8 cm³/mol. The molecule has 54 valence electrons. The normalized spacial score (nSPS) is 9.11. The minimum atomic E-state index is 0.103. The molecule has 0 aromatic carbocycles. The second-order valence-corrected chi connectivity index (χ2v) is 2.35. The highest BCUT2D eigenvalue weighted by atomic mass is 127. The van der Waals surface area contributed by atoms with Crippen molar-refractivity contribution in [3.63, 3.8) is 0 Å². The summed E-state index contributed by atoms with van der Waals surface area (Å²) in [5, 5.41) is 5.65. The number of carbonyl (C=O) groups excluding carboxylic acids is 1. The highest BCUT2D eigenvalue weighted by Gasteiger charge is 1.92. The molecule has 0 saturated heterocycles. The van der Waals surface area contributed by atoms with E-state index in [-0.39, 0.29) is 5.91 Å². The zero-order valence-corrected chi connectivity index (χ0v) is 7.57. The number of hydrogen-bond donors (Lipinski definition) is 2. The van der Waals surface area contributed by atoms with Gasteiger partial charge in [-0.15, -0.1) is 0 Å². The molecule has 0 aromatic heterocycles. The lowest BCUT2D eigenvalue weighted by Crippen LogP contribution is -2.30. The third-order valence-corrected chi connectivity index (χ3v) is 1.51. The maximum absolute atomic E-state index is 10.5. The van der Waals surface area contributed by atoms with Crippen LogP contribution < -0.4 is 10.6 Å². The van der Waals surface area contributed by atoms with Gasteiger partial charge in [-0.05, 0) is 7.05 Å². The van der Waals surface area contributed by atoms with E-state index in [1.165, 1.54) is 0 Å². The van der Waals surface area contributed by atoms with Crippen LogP contribution >= 0.6 is 22.6 Å². The van der Waals surface area contributed by atoms with Gasteiger partial charge in [-0.25, -0.2) is 0 Å². The van der Waals surface area contributed by atoms with Crippen molar-refractivity contribution in [1.82, 2.24) is 10.6 Å². The molecule has 0 spiro atoms. The SMILES string of the molecule is CNCCNC(=O)CI. The molecule has 0 bridgehead atoms. The van der Waals surface area contributed by atoms with Gasteiger partial charge < -0.3 is 10.6 Å². The Balaban J connectivity index is 2.97. The van der Waals surface area contributed by atoms with Crippen molar-refractivity contribution in [1.29, 1.82) is 0 Å². The summed E-state index contributed by atoms with van der Waals surface area (Å²) in [4.78, 5) is 10.5. The number of amides is 1. The summed E-state index contributed by atoms with van der Waals surface area (Å²) in [7, 11) is 1.86. The Morgan fingerprint density at radius 1 is 1.56 bits per heavy atom. The zero-order valence-electron chi connectivity index (χ0n) is 5.41. The van der Waals surface area contributed by atoms with E-state index in [1.54, 1.807) is 0 Å². The van der Waals surface area contributed by atoms with Crippen molar-refractivity contribution in [2.45, 2.75) is 0 Å². The van der Waals surface area contributed by atoms with Gasteiger partial charge in [-0.2, -0.15) is 0 Å². The third kappa shape index (κ3) is 6.04. The second-order valence-electron chi connectivity index (χ2n) is 1.59. The summed E-state index contributed by atoms with van der Waals surface area (Å²) < 4.78 is 0.543. The summed E-state index contributed by atoms with van der Waals surface area (Å²) in [5.41, 5.74) is 0. The van der Waals surface area contributed by atoms with Crippen LogP contribution in [0.15, 0.2) is 0 Å². The second kappa shape index (κ2) is 6.28. The van der Waals surface area contributed by atoms with Crippen LogP contribution in [0, 0.1) is 0 Å². The Morgan fingerprint density at radius 3 is 2.67 bits per heavy atom. The van der Waals surface area contributed by atoms with E-state index in [2.05, 4.69) is 10.6 Å². The average molecular weight is 242 g/mol. The first-order valence-corrected chi connectivity index (χ1v) is 4.31. The first-order valence-electron chi connectivity index (χ1n) is 2.78. The molecule has 0 unspecified atom stereocenters. The van der Waals surface area contributed by atoms with Gasteiger partial charge in [-0.3, -0.25) is 4.79 Å². The van der Waals surface area contributed by atoms with E-state index in [9.17, 15) is 4.79 Å². The van der Waals surface area contributed by atoms with Gasteiger partial charge in [0.25, 0.3) is 0 Å². The van der Waals surface area contributed by atoms with Crippen LogP contribution in [0.3, 0.4) is 0 Å². The van der Waals surface area contributed by atoms with Crippen molar-refractivity contribution >= 4 is 28.5 Å². The Kier molecular flexibility index (Phi) is 6.39. The Hall–Kier alpha value is 0.160. The van der Waals surface area contributed by atoms with Crippen molar-refractivity contribution in [3.8, 4) is 0 Å². The van der Waals surface area contributed by atoms with Gasteiger partial charge in [-0.1, -0.05) is 22.6 Å². The molecular weight excluding hydrogens is 231 g/mol. The number of halogens is 1. The highest BCUT2D eigenvalue weighted by molar-refractivity contribution is 14.1. The summed E-state index contributed by atoms with van der Waals surface area (Å²) in [6.07, 6.45) is 0. The number of alkyl halides is 1. The van der Waals surface area contributed by atoms with Crippen molar-refractivity contribution in [2.75, 3.05) is 24.6 Å². The third-order valence-electron chi connectivity index (χ3n) is 0.819. The van der Waals surface area contributed by atoms with Crippen LogP contribution in [0.4, 0.5) is 0 Å². The van der Waals surface area contributed by atoms with Crippen LogP contribution in [-0.2, 0) is 4.79 Å². The van der Waals surface area contributed by atoms with Crippen LogP contribution in [0.1, 0.15) is 0 Å². The van der Waals surface area contributed by atoms with Crippen LogP contribution in [0.2, 0.25) is 0 Å². The molecule has 0 aliphatic heterocycles. The lowest BCUT2D eigenvalue weighted by Gasteiger charge is -1.99. The molecule has 0 radical (unpaired) electrons. The molecule has 0 aromatic rings. The number of hydrogen-bond acceptors (Lipinski definition) is 2. The van der Waals surface area contributed by atoms with Gasteiger partial charge in [0.2, 0.25) is 5.91 Å². The number of likely N-dealkylation sites (N-methyl/N-ethyl adjacent to an activating group) is 1. The average Bonchev–Trinajstić information content (AvgIpc) is 1.89. The largest absolute Gasteiger partial charge is 0.354 e. The molecule has 0 heterocycles. The summed E-state index contributed by atoms with van der Waals surface area (Å²) in [5.74, 6) is 0.103. The molecule has 0 saturated carbocycles. The maximum Gasteiger partial charge on any atom is 0.229 e. The Morgan fingerprint density at radius 2 is 2.22 bits per heavy atom. The molecule has 0 fully saturated rings. The number of rotatable bonds is 4. The molecule has 0 aliphatic carbocycles. The lowest BCUT2D eigenvalue weighted by atomic mass is 10.6. The van der Waals surface area contributed by atoms with E-state index in [0.717, 1.165) is 13.1 Å². The molecule has 9 heavy (non-hydrogen) atoms. The van der Waals surface area contributed by atoms with Gasteiger partial charge in [0.05, 0.1) is 4.43 Å². The summed E-state index contributed by atoms with van der Waals surface area (Å²) >= 11 is 2.03. The molecule has 0 atom stereocenters. The van der Waals surface area contributed by atoms with Crippen molar-refractivity contribution in [2.24, 2.45) is 0 Å². The van der Waals surface area contributed by atoms with E-state index >= 15 is 0 Å². The van der Waals surface area contributed by atoms with E-state index in [1.807, 2.05) is 29.6 Å². The molecular formula is C5H11IN2O. The first kappa shape index (κ1) is 9.16. The van der Waals surface area contributed by atoms with Crippen LogP contribution in [-0.4, -0.2) is 30.5 Å². The fourth-order valence-corrected chi connectivity index (χ4v) is 0.644. The van der Waals surface area contributed by atoms with Gasteiger partial charge in [0, 0.05) is 13.1 Å². The lowest BCUT2D eigenvalue weighted by molar-refractivity contribution is -0.118. The monoisotopic (exact) mass is 242 g/mol. The fraction of sp³-hybridized carbons (Fsp3) is 0.800. The smallest absolute Gasteiger partial charge is 0.229 e. The molecule has 0 rings (SSSR count). The quantitative estimate of drug-likeness (QED) is 0.405. The van der Waals surface area contributed by atoms with Gasteiger partial charge in [0.1, 0.15) is 0 Å². The van der Waals surface area contributed by atoms with Gasteiger partial charge in [0.15, 0.2) is 0 Å². The minimum absolute atomic E-state index is 0.103. The molecule has 3 nitrogen and oxygen atoms in total. The Labute approximate surface area is 68.7 Å². The number of carbonyl (C=O) groups is 1. The molecule has 4 heteroatoms. The first-order chi connectivity index (χ1) is 4.31. The maximum atomic E-state index is 10.5. The standard InChI is InChI=1S/C5H11IN2O/c1-7-2-3-8-5(9)4-6/h7H,2-4H2,1H3,(H,8,9). The van der Waals surface area contributed by atoms with Crippen LogP contribution in [0.25, 0.3) is 0 Å². The summed E-state index contributed by atoms with van der Waals surface area (Å²) in [6, 6.07) is 0. The topological polar surface area (TPSA) is 41.1 Å². The molecule has 1 amide bonds. The van der Waals surface area contributed by atoms with Gasteiger partial charge >= 0.3 is 0 Å². The Bertz CT molecular complexity index is 87.0. The van der Waals surface area contributed by atoms with E-state index in [0.29, 0.717) is 4.43 Å². The molecule has 0 aliphatic rings. The summed E-state index contributed by atoms with van der Waals surface area (Å²) in [6.45, 7) is 1.56. The molecule has 2 N–H and O–H groups in total. The zero-order chi connectivity index (χ0) is 7.11. The highest BCUT2D eigenvalue weighted by Crippen LogP contribution is 1.77.